The summed E-state index contributed by atoms with van der Waals surface area (Å²) in [5, 5.41) is 10.0. The average molecular weight is 164 g/mol. The van der Waals surface area contributed by atoms with Gasteiger partial charge in [0.25, 0.3) is 0 Å². The average Bonchev–Trinajstić information content (AvgIpc) is 2.18. The van der Waals surface area contributed by atoms with Crippen LogP contribution in [0.2, 0.25) is 0 Å². The van der Waals surface area contributed by atoms with E-state index < -0.39 is 5.60 Å². The van der Waals surface area contributed by atoms with Gasteiger partial charge in [0.05, 0.1) is 5.60 Å². The maximum absolute atomic E-state index is 10.0. The Balaban J connectivity index is 2.95. The van der Waals surface area contributed by atoms with Gasteiger partial charge in [0.2, 0.25) is 0 Å². The van der Waals surface area contributed by atoms with Crippen molar-refractivity contribution < 1.29 is 5.11 Å². The van der Waals surface area contributed by atoms with Crippen molar-refractivity contribution in [3.05, 3.63) is 30.1 Å². The topological polar surface area (TPSA) is 33.1 Å². The van der Waals surface area contributed by atoms with Crippen molar-refractivity contribution in [2.24, 2.45) is 0 Å². The molecule has 0 aliphatic heterocycles. The van der Waals surface area contributed by atoms with Gasteiger partial charge in [0.15, 0.2) is 0 Å². The van der Waals surface area contributed by atoms with E-state index in [4.69, 9.17) is 0 Å². The van der Waals surface area contributed by atoms with E-state index in [2.05, 4.69) is 11.1 Å². The maximum Gasteiger partial charge on any atom is 0.0906 e. The minimum atomic E-state index is -0.717. The summed E-state index contributed by atoms with van der Waals surface area (Å²) in [7, 11) is 0. The Morgan fingerprint density at radius 3 is 2.58 bits per heavy atom. The van der Waals surface area contributed by atoms with E-state index in [1.807, 2.05) is 13.8 Å². The van der Waals surface area contributed by atoms with Crippen LogP contribution in [0, 0.1) is 6.07 Å². The lowest BCUT2D eigenvalue weighted by Crippen LogP contribution is -2.23. The smallest absolute Gasteiger partial charge is 0.0906 e. The van der Waals surface area contributed by atoms with E-state index in [1.165, 1.54) is 0 Å². The first kappa shape index (κ1) is 9.20. The Labute approximate surface area is 73.3 Å². The third-order valence-electron chi connectivity index (χ3n) is 2.31. The molecule has 2 nitrogen and oxygen atoms in total. The first-order valence-corrected chi connectivity index (χ1v) is 4.27. The molecule has 12 heavy (non-hydrogen) atoms. The summed E-state index contributed by atoms with van der Waals surface area (Å²) in [4.78, 5) is 3.93. The SMILES string of the molecule is CCC(O)(CC)c1c[c]cnc1. The van der Waals surface area contributed by atoms with Gasteiger partial charge in [-0.1, -0.05) is 13.8 Å². The minimum absolute atomic E-state index is 0.711. The predicted molar refractivity (Wildman–Crippen MR) is 47.6 cm³/mol. The van der Waals surface area contributed by atoms with Crippen molar-refractivity contribution in [2.45, 2.75) is 32.3 Å². The Morgan fingerprint density at radius 2 is 2.17 bits per heavy atom. The van der Waals surface area contributed by atoms with E-state index in [1.54, 1.807) is 18.5 Å². The van der Waals surface area contributed by atoms with Crippen LogP contribution in [-0.2, 0) is 5.60 Å². The molecule has 0 saturated carbocycles. The Morgan fingerprint density at radius 1 is 1.50 bits per heavy atom. The van der Waals surface area contributed by atoms with Gasteiger partial charge in [0, 0.05) is 24.0 Å². The number of rotatable bonds is 3. The van der Waals surface area contributed by atoms with Gasteiger partial charge in [-0.25, -0.2) is 0 Å². The van der Waals surface area contributed by atoms with Gasteiger partial charge >= 0.3 is 0 Å². The van der Waals surface area contributed by atoms with E-state index in [0.29, 0.717) is 12.8 Å². The lowest BCUT2D eigenvalue weighted by Gasteiger charge is -2.24. The van der Waals surface area contributed by atoms with Gasteiger partial charge < -0.3 is 5.11 Å². The Bertz CT molecular complexity index is 229. The highest BCUT2D eigenvalue weighted by Gasteiger charge is 2.24. The molecule has 0 fully saturated rings. The second-order valence-electron chi connectivity index (χ2n) is 2.91. The number of nitrogens with zero attached hydrogens (tertiary/aromatic N) is 1. The molecule has 1 aromatic heterocycles. The van der Waals surface area contributed by atoms with Crippen molar-refractivity contribution in [3.8, 4) is 0 Å². The molecule has 0 aliphatic rings. The monoisotopic (exact) mass is 164 g/mol. The molecular weight excluding hydrogens is 150 g/mol. The molecule has 0 saturated heterocycles. The first-order valence-electron chi connectivity index (χ1n) is 4.27. The number of pyridine rings is 1. The molecule has 1 heterocycles. The van der Waals surface area contributed by atoms with Gasteiger partial charge in [-0.15, -0.1) is 0 Å². The van der Waals surface area contributed by atoms with Gasteiger partial charge in [0.1, 0.15) is 0 Å². The molecule has 2 heteroatoms. The van der Waals surface area contributed by atoms with Crippen LogP contribution >= 0.6 is 0 Å². The molecule has 65 valence electrons. The standard InChI is InChI=1S/C10H14NO/c1-3-10(12,4-2)9-6-5-7-11-8-9/h6-8,12H,3-4H2,1-2H3. The van der Waals surface area contributed by atoms with Gasteiger partial charge in [-0.2, -0.15) is 0 Å². The van der Waals surface area contributed by atoms with Crippen molar-refractivity contribution in [1.29, 1.82) is 0 Å². The molecule has 0 aromatic carbocycles. The van der Waals surface area contributed by atoms with Crippen LogP contribution in [0.5, 0.6) is 0 Å². The predicted octanol–water partition coefficient (Wildman–Crippen LogP) is 1.89. The highest BCUT2D eigenvalue weighted by Crippen LogP contribution is 2.26. The van der Waals surface area contributed by atoms with E-state index in [0.717, 1.165) is 5.56 Å². The fourth-order valence-electron chi connectivity index (χ4n) is 1.24. The lowest BCUT2D eigenvalue weighted by atomic mass is 9.90. The van der Waals surface area contributed by atoms with Crippen molar-refractivity contribution in [1.82, 2.24) is 4.98 Å². The first-order chi connectivity index (χ1) is 5.73. The van der Waals surface area contributed by atoms with Crippen LogP contribution in [-0.4, -0.2) is 10.1 Å². The molecule has 0 atom stereocenters. The summed E-state index contributed by atoms with van der Waals surface area (Å²) in [5.41, 5.74) is 0.139. The maximum atomic E-state index is 10.0. The van der Waals surface area contributed by atoms with Crippen LogP contribution in [0.25, 0.3) is 0 Å². The number of aromatic nitrogens is 1. The summed E-state index contributed by atoms with van der Waals surface area (Å²) in [6.45, 7) is 3.94. The molecule has 1 radical (unpaired) electrons. The van der Waals surface area contributed by atoms with E-state index in [-0.39, 0.29) is 0 Å². The molecule has 1 N–H and O–H groups in total. The van der Waals surface area contributed by atoms with Gasteiger partial charge in [-0.05, 0) is 18.9 Å². The highest BCUT2D eigenvalue weighted by atomic mass is 16.3. The molecule has 1 aromatic rings. The molecule has 0 spiro atoms. The highest BCUT2D eigenvalue weighted by molar-refractivity contribution is 5.16. The van der Waals surface area contributed by atoms with Gasteiger partial charge in [-0.3, -0.25) is 4.98 Å². The van der Waals surface area contributed by atoms with Crippen LogP contribution in [0.4, 0.5) is 0 Å². The molecule has 0 aliphatic carbocycles. The van der Waals surface area contributed by atoms with Crippen LogP contribution in [0.15, 0.2) is 18.5 Å². The minimum Gasteiger partial charge on any atom is -0.385 e. The van der Waals surface area contributed by atoms with Crippen LogP contribution in [0.3, 0.4) is 0 Å². The summed E-state index contributed by atoms with van der Waals surface area (Å²) < 4.78 is 0. The van der Waals surface area contributed by atoms with Crippen molar-refractivity contribution in [3.63, 3.8) is 0 Å². The van der Waals surface area contributed by atoms with E-state index in [9.17, 15) is 5.11 Å². The molecule has 0 unspecified atom stereocenters. The fourth-order valence-corrected chi connectivity index (χ4v) is 1.24. The summed E-state index contributed by atoms with van der Waals surface area (Å²) in [6, 6.07) is 4.66. The zero-order chi connectivity index (χ0) is 9.03. The molecule has 1 rings (SSSR count). The lowest BCUT2D eigenvalue weighted by molar-refractivity contribution is 0.0280. The summed E-state index contributed by atoms with van der Waals surface area (Å²) in [6.07, 6.45) is 4.71. The second kappa shape index (κ2) is 3.68. The fraction of sp³-hybridized carbons (Fsp3) is 0.500. The number of aliphatic hydroxyl groups is 1. The van der Waals surface area contributed by atoms with E-state index >= 15 is 0 Å². The second-order valence-corrected chi connectivity index (χ2v) is 2.91. The number of hydrogen-bond acceptors (Lipinski definition) is 2. The van der Waals surface area contributed by atoms with Crippen molar-refractivity contribution >= 4 is 0 Å². The van der Waals surface area contributed by atoms with Crippen LogP contribution in [0.1, 0.15) is 32.3 Å². The van der Waals surface area contributed by atoms with Crippen LogP contribution < -0.4 is 0 Å². The summed E-state index contributed by atoms with van der Waals surface area (Å²) >= 11 is 0. The third kappa shape index (κ3) is 1.64. The normalized spacial score (nSPS) is 11.6. The molecule has 0 bridgehead atoms. The number of hydrogen-bond donors (Lipinski definition) is 1. The Hall–Kier alpha value is -0.890. The molecular formula is C10H14NO. The zero-order valence-electron chi connectivity index (χ0n) is 7.54. The van der Waals surface area contributed by atoms with Crippen molar-refractivity contribution in [2.75, 3.05) is 0 Å². The third-order valence-corrected chi connectivity index (χ3v) is 2.31. The summed E-state index contributed by atoms with van der Waals surface area (Å²) in [5.74, 6) is 0. The largest absolute Gasteiger partial charge is 0.385 e. The Kier molecular flexibility index (Phi) is 2.82. The molecule has 0 amide bonds. The zero-order valence-corrected chi connectivity index (χ0v) is 7.54. The quantitative estimate of drug-likeness (QED) is 0.740.